The fourth-order valence-corrected chi connectivity index (χ4v) is 3.11. The van der Waals surface area contributed by atoms with Crippen molar-refractivity contribution in [3.8, 4) is 11.5 Å². The molecule has 2 atom stereocenters. The second kappa shape index (κ2) is 9.05. The molecular weight excluding hydrogens is 346 g/mol. The summed E-state index contributed by atoms with van der Waals surface area (Å²) in [5, 5.41) is 2.20. The maximum absolute atomic E-state index is 12.6. The molecule has 0 saturated heterocycles. The molecule has 144 valence electrons. The SMILES string of the molecule is COc1cc(C)c(C[NH+](C)[C@H](C(=O)NC(N)=O)c2ccccc2)cc1OC. The number of carbonyl (C=O) groups is 2. The third-order valence-corrected chi connectivity index (χ3v) is 4.45. The van der Waals surface area contributed by atoms with Crippen LogP contribution in [0.2, 0.25) is 0 Å². The van der Waals surface area contributed by atoms with Gasteiger partial charge in [-0.1, -0.05) is 30.3 Å². The number of amides is 3. The van der Waals surface area contributed by atoms with E-state index in [0.717, 1.165) is 21.6 Å². The first-order chi connectivity index (χ1) is 12.9. The first kappa shape index (κ1) is 20.3. The van der Waals surface area contributed by atoms with Gasteiger partial charge < -0.3 is 20.1 Å². The maximum Gasteiger partial charge on any atom is 0.319 e. The van der Waals surface area contributed by atoms with Crippen molar-refractivity contribution in [3.63, 3.8) is 0 Å². The Balaban J connectivity index is 2.35. The highest BCUT2D eigenvalue weighted by Crippen LogP contribution is 2.30. The van der Waals surface area contributed by atoms with Crippen molar-refractivity contribution in [2.75, 3.05) is 21.3 Å². The number of methoxy groups -OCH3 is 2. The van der Waals surface area contributed by atoms with Gasteiger partial charge >= 0.3 is 6.03 Å². The Morgan fingerprint density at radius 2 is 1.70 bits per heavy atom. The Kier molecular flexibility index (Phi) is 6.79. The van der Waals surface area contributed by atoms with Gasteiger partial charge in [-0.25, -0.2) is 4.79 Å². The summed E-state index contributed by atoms with van der Waals surface area (Å²) in [7, 11) is 5.07. The number of primary amides is 1. The maximum atomic E-state index is 12.6. The monoisotopic (exact) mass is 372 g/mol. The Bertz CT molecular complexity index is 808. The van der Waals surface area contributed by atoms with Crippen LogP contribution >= 0.6 is 0 Å². The van der Waals surface area contributed by atoms with Crippen LogP contribution in [0.4, 0.5) is 4.79 Å². The topological polar surface area (TPSA) is 95.1 Å². The number of quaternary nitrogens is 1. The zero-order valence-electron chi connectivity index (χ0n) is 16.0. The van der Waals surface area contributed by atoms with Gasteiger partial charge in [0.2, 0.25) is 0 Å². The zero-order chi connectivity index (χ0) is 20.0. The average Bonchev–Trinajstić information content (AvgIpc) is 2.63. The van der Waals surface area contributed by atoms with Crippen LogP contribution in [0.3, 0.4) is 0 Å². The van der Waals surface area contributed by atoms with E-state index in [-0.39, 0.29) is 0 Å². The van der Waals surface area contributed by atoms with Gasteiger partial charge in [-0.15, -0.1) is 0 Å². The van der Waals surface area contributed by atoms with Gasteiger partial charge in [0.15, 0.2) is 17.5 Å². The molecule has 2 aromatic rings. The Hall–Kier alpha value is -3.06. The lowest BCUT2D eigenvalue weighted by atomic mass is 10.0. The van der Waals surface area contributed by atoms with Crippen molar-refractivity contribution in [2.45, 2.75) is 19.5 Å². The molecule has 0 saturated carbocycles. The summed E-state index contributed by atoms with van der Waals surface area (Å²) in [6.07, 6.45) is 0. The van der Waals surface area contributed by atoms with Crippen LogP contribution in [-0.4, -0.2) is 33.2 Å². The van der Waals surface area contributed by atoms with Crippen molar-refractivity contribution in [3.05, 3.63) is 59.2 Å². The molecule has 0 aliphatic carbocycles. The number of aryl methyl sites for hydroxylation is 1. The van der Waals surface area contributed by atoms with Gasteiger partial charge in [-0.3, -0.25) is 10.1 Å². The Morgan fingerprint density at radius 1 is 1.11 bits per heavy atom. The molecule has 0 aliphatic heterocycles. The second-order valence-corrected chi connectivity index (χ2v) is 6.35. The number of benzene rings is 2. The third kappa shape index (κ3) is 4.98. The quantitative estimate of drug-likeness (QED) is 0.675. The largest absolute Gasteiger partial charge is 0.493 e. The van der Waals surface area contributed by atoms with E-state index in [1.807, 2.05) is 56.4 Å². The van der Waals surface area contributed by atoms with Crippen LogP contribution in [0.1, 0.15) is 22.7 Å². The Morgan fingerprint density at radius 3 is 2.26 bits per heavy atom. The first-order valence-electron chi connectivity index (χ1n) is 8.56. The van der Waals surface area contributed by atoms with Crippen LogP contribution in [0.25, 0.3) is 0 Å². The van der Waals surface area contributed by atoms with Crippen LogP contribution in [-0.2, 0) is 11.3 Å². The predicted molar refractivity (Wildman–Crippen MR) is 102 cm³/mol. The van der Waals surface area contributed by atoms with Gasteiger partial charge in [-0.05, 0) is 24.6 Å². The lowest BCUT2D eigenvalue weighted by Crippen LogP contribution is -3.09. The minimum absolute atomic E-state index is 0.440. The first-order valence-corrected chi connectivity index (χ1v) is 8.56. The van der Waals surface area contributed by atoms with E-state index in [1.54, 1.807) is 14.2 Å². The van der Waals surface area contributed by atoms with E-state index in [0.29, 0.717) is 18.0 Å². The molecule has 0 aliphatic rings. The summed E-state index contributed by atoms with van der Waals surface area (Å²) < 4.78 is 10.7. The molecule has 2 rings (SSSR count). The number of nitrogens with one attached hydrogen (secondary N) is 2. The number of carbonyl (C=O) groups excluding carboxylic acids is 2. The van der Waals surface area contributed by atoms with E-state index in [2.05, 4.69) is 5.32 Å². The summed E-state index contributed by atoms with van der Waals surface area (Å²) in [4.78, 5) is 24.7. The molecule has 2 aromatic carbocycles. The Labute approximate surface area is 159 Å². The highest BCUT2D eigenvalue weighted by Gasteiger charge is 2.30. The summed E-state index contributed by atoms with van der Waals surface area (Å²) in [6, 6.07) is 11.7. The number of imide groups is 1. The predicted octanol–water partition coefficient (Wildman–Crippen LogP) is 0.963. The highest BCUT2D eigenvalue weighted by atomic mass is 16.5. The molecule has 1 unspecified atom stereocenters. The molecule has 7 heteroatoms. The molecule has 7 nitrogen and oxygen atoms in total. The van der Waals surface area contributed by atoms with E-state index in [4.69, 9.17) is 15.2 Å². The summed E-state index contributed by atoms with van der Waals surface area (Å²) in [5.41, 5.74) is 7.98. The van der Waals surface area contributed by atoms with Gasteiger partial charge in [0.25, 0.3) is 5.91 Å². The lowest BCUT2D eigenvalue weighted by Gasteiger charge is -2.25. The molecule has 0 spiro atoms. The molecular formula is C20H26N3O4+. The molecule has 0 bridgehead atoms. The summed E-state index contributed by atoms with van der Waals surface area (Å²) >= 11 is 0. The fourth-order valence-electron chi connectivity index (χ4n) is 3.11. The van der Waals surface area contributed by atoms with Crippen molar-refractivity contribution in [2.24, 2.45) is 5.73 Å². The number of hydrogen-bond acceptors (Lipinski definition) is 4. The third-order valence-electron chi connectivity index (χ3n) is 4.45. The molecule has 3 amide bonds. The zero-order valence-corrected chi connectivity index (χ0v) is 16.0. The minimum Gasteiger partial charge on any atom is -0.493 e. The number of hydrogen-bond donors (Lipinski definition) is 3. The van der Waals surface area contributed by atoms with Crippen molar-refractivity contribution in [1.82, 2.24) is 5.32 Å². The molecule has 27 heavy (non-hydrogen) atoms. The number of ether oxygens (including phenoxy) is 2. The summed E-state index contributed by atoms with van der Waals surface area (Å²) in [6.45, 7) is 2.52. The van der Waals surface area contributed by atoms with Crippen LogP contribution < -0.4 is 25.4 Å². The van der Waals surface area contributed by atoms with Crippen molar-refractivity contribution in [1.29, 1.82) is 0 Å². The van der Waals surface area contributed by atoms with E-state index >= 15 is 0 Å². The van der Waals surface area contributed by atoms with E-state index in [9.17, 15) is 9.59 Å². The smallest absolute Gasteiger partial charge is 0.319 e. The van der Waals surface area contributed by atoms with Crippen molar-refractivity contribution < 1.29 is 24.0 Å². The molecule has 0 radical (unpaired) electrons. The minimum atomic E-state index is -0.865. The van der Waals surface area contributed by atoms with Gasteiger partial charge in [0.05, 0.1) is 21.3 Å². The van der Waals surface area contributed by atoms with E-state index < -0.39 is 18.0 Å². The summed E-state index contributed by atoms with van der Waals surface area (Å²) in [5.74, 6) is 0.843. The molecule has 0 aromatic heterocycles. The number of nitrogens with two attached hydrogens (primary N) is 1. The van der Waals surface area contributed by atoms with Gasteiger partial charge in [0, 0.05) is 11.1 Å². The molecule has 0 heterocycles. The van der Waals surface area contributed by atoms with Gasteiger partial charge in [0.1, 0.15) is 6.54 Å². The van der Waals surface area contributed by atoms with E-state index in [1.165, 1.54) is 0 Å². The standard InChI is InChI=1S/C20H25N3O4/c1-13-10-16(26-3)17(27-4)11-15(13)12-23(2)18(19(24)22-20(21)25)14-8-6-5-7-9-14/h5-11,18H,12H2,1-4H3,(H3,21,22,24,25)/p+1/t18-/m0/s1. The second-order valence-electron chi connectivity index (χ2n) is 6.35. The van der Waals surface area contributed by atoms with Crippen LogP contribution in [0, 0.1) is 6.92 Å². The van der Waals surface area contributed by atoms with Crippen LogP contribution in [0.5, 0.6) is 11.5 Å². The normalized spacial score (nSPS) is 12.7. The van der Waals surface area contributed by atoms with Gasteiger partial charge in [-0.2, -0.15) is 0 Å². The number of urea groups is 1. The van der Waals surface area contributed by atoms with Crippen molar-refractivity contribution >= 4 is 11.9 Å². The number of likely N-dealkylation sites (N-methyl/N-ethyl adjacent to an activating group) is 1. The molecule has 4 N–H and O–H groups in total. The van der Waals surface area contributed by atoms with Crippen LogP contribution in [0.15, 0.2) is 42.5 Å². The number of rotatable bonds is 7. The average molecular weight is 372 g/mol. The highest BCUT2D eigenvalue weighted by molar-refractivity contribution is 5.96. The molecule has 0 fully saturated rings. The lowest BCUT2D eigenvalue weighted by molar-refractivity contribution is -0.916. The fraction of sp³-hybridized carbons (Fsp3) is 0.300.